The highest BCUT2D eigenvalue weighted by molar-refractivity contribution is 5.91. The molecule has 10 heteroatoms. The number of nitrogens with zero attached hydrogens (tertiary/aromatic N) is 5. The van der Waals surface area contributed by atoms with Crippen LogP contribution in [0.2, 0.25) is 0 Å². The summed E-state index contributed by atoms with van der Waals surface area (Å²) in [4.78, 5) is 22.5. The van der Waals surface area contributed by atoms with E-state index in [1.54, 1.807) is 31.1 Å². The minimum Gasteiger partial charge on any atom is -0.497 e. The van der Waals surface area contributed by atoms with Gasteiger partial charge in [0, 0.05) is 6.20 Å². The molecular formula is C18H20N6O4. The maximum atomic E-state index is 12.4. The van der Waals surface area contributed by atoms with Gasteiger partial charge in [-0.2, -0.15) is 10.2 Å². The van der Waals surface area contributed by atoms with Gasteiger partial charge in [0.15, 0.2) is 0 Å². The number of carbonyl (C=O) groups is 1. The molecule has 146 valence electrons. The fraction of sp³-hybridized carbons (Fsp3) is 0.278. The van der Waals surface area contributed by atoms with E-state index in [0.29, 0.717) is 12.2 Å². The Morgan fingerprint density at radius 2 is 2.07 bits per heavy atom. The van der Waals surface area contributed by atoms with Crippen molar-refractivity contribution in [3.8, 4) is 5.75 Å². The average molecular weight is 384 g/mol. The van der Waals surface area contributed by atoms with Gasteiger partial charge in [-0.05, 0) is 17.7 Å². The Morgan fingerprint density at radius 3 is 2.79 bits per heavy atom. The minimum absolute atomic E-state index is 0.105. The van der Waals surface area contributed by atoms with Crippen LogP contribution < -0.4 is 10.1 Å². The van der Waals surface area contributed by atoms with Crippen LogP contribution in [0.25, 0.3) is 0 Å². The van der Waals surface area contributed by atoms with Crippen LogP contribution in [-0.2, 0) is 17.9 Å². The number of rotatable bonds is 8. The van der Waals surface area contributed by atoms with Crippen LogP contribution in [0.5, 0.6) is 5.75 Å². The van der Waals surface area contributed by atoms with Gasteiger partial charge in [0.05, 0.1) is 42.9 Å². The quantitative estimate of drug-likeness (QED) is 0.470. The minimum atomic E-state index is -0.523. The molecule has 0 aliphatic heterocycles. The van der Waals surface area contributed by atoms with Crippen molar-refractivity contribution < 1.29 is 14.5 Å². The molecule has 0 radical (unpaired) electrons. The number of methoxy groups -OCH3 is 1. The maximum absolute atomic E-state index is 12.4. The number of hydrogen-bond acceptors (Lipinski definition) is 6. The molecule has 1 atom stereocenters. The van der Waals surface area contributed by atoms with Crippen molar-refractivity contribution in [1.82, 2.24) is 19.6 Å². The lowest BCUT2D eigenvalue weighted by atomic mass is 10.1. The molecule has 3 aromatic rings. The molecule has 0 fully saturated rings. The molecular weight excluding hydrogens is 364 g/mol. The number of carbonyl (C=O) groups excluding carboxylic acids is 1. The van der Waals surface area contributed by atoms with E-state index in [9.17, 15) is 14.9 Å². The predicted molar refractivity (Wildman–Crippen MR) is 101 cm³/mol. The van der Waals surface area contributed by atoms with Gasteiger partial charge in [-0.3, -0.25) is 24.3 Å². The third kappa shape index (κ3) is 4.72. The smallest absolute Gasteiger partial charge is 0.306 e. The summed E-state index contributed by atoms with van der Waals surface area (Å²) in [6.45, 7) is 2.50. The van der Waals surface area contributed by atoms with E-state index in [-0.39, 0.29) is 18.1 Å². The summed E-state index contributed by atoms with van der Waals surface area (Å²) in [6, 6.07) is 7.66. The Hall–Kier alpha value is -3.69. The second-order valence-electron chi connectivity index (χ2n) is 6.35. The van der Waals surface area contributed by atoms with Gasteiger partial charge >= 0.3 is 5.69 Å². The van der Waals surface area contributed by atoms with Crippen molar-refractivity contribution in [2.75, 3.05) is 12.4 Å². The third-order valence-corrected chi connectivity index (χ3v) is 4.12. The van der Waals surface area contributed by atoms with Crippen molar-refractivity contribution >= 4 is 17.3 Å². The first-order valence-corrected chi connectivity index (χ1v) is 8.57. The van der Waals surface area contributed by atoms with Crippen molar-refractivity contribution in [3.63, 3.8) is 0 Å². The van der Waals surface area contributed by atoms with Crippen molar-refractivity contribution in [1.29, 1.82) is 0 Å². The zero-order chi connectivity index (χ0) is 20.1. The zero-order valence-corrected chi connectivity index (χ0v) is 15.5. The highest BCUT2D eigenvalue weighted by Gasteiger charge is 2.17. The fourth-order valence-electron chi connectivity index (χ4n) is 2.65. The topological polar surface area (TPSA) is 117 Å². The second kappa shape index (κ2) is 8.33. The second-order valence-corrected chi connectivity index (χ2v) is 6.35. The molecule has 1 aromatic carbocycles. The molecule has 1 N–H and O–H groups in total. The van der Waals surface area contributed by atoms with Gasteiger partial charge in [0.25, 0.3) is 0 Å². The van der Waals surface area contributed by atoms with Gasteiger partial charge in [-0.15, -0.1) is 0 Å². The number of nitrogens with one attached hydrogen (secondary N) is 1. The fourth-order valence-corrected chi connectivity index (χ4v) is 2.65. The van der Waals surface area contributed by atoms with Gasteiger partial charge in [-0.1, -0.05) is 19.1 Å². The summed E-state index contributed by atoms with van der Waals surface area (Å²) >= 11 is 0. The molecule has 0 aliphatic rings. The molecule has 0 bridgehead atoms. The molecule has 0 saturated heterocycles. The molecule has 0 saturated carbocycles. The number of anilines is 1. The number of nitro groups is 1. The Labute approximate surface area is 160 Å². The number of hydrogen-bond donors (Lipinski definition) is 1. The molecule has 1 amide bonds. The molecule has 0 aliphatic carbocycles. The molecule has 3 rings (SSSR count). The van der Waals surface area contributed by atoms with E-state index in [4.69, 9.17) is 4.74 Å². The monoisotopic (exact) mass is 384 g/mol. The van der Waals surface area contributed by atoms with E-state index in [0.717, 1.165) is 17.5 Å². The lowest BCUT2D eigenvalue weighted by Gasteiger charge is -2.10. The van der Waals surface area contributed by atoms with Crippen molar-refractivity contribution in [2.24, 2.45) is 5.92 Å². The van der Waals surface area contributed by atoms with Crippen LogP contribution in [0.1, 0.15) is 12.5 Å². The zero-order valence-electron chi connectivity index (χ0n) is 15.5. The number of amides is 1. The first-order chi connectivity index (χ1) is 13.4. The van der Waals surface area contributed by atoms with E-state index in [1.807, 2.05) is 24.3 Å². The van der Waals surface area contributed by atoms with Gasteiger partial charge < -0.3 is 10.1 Å². The average Bonchev–Trinajstić information content (AvgIpc) is 3.31. The molecule has 0 spiro atoms. The summed E-state index contributed by atoms with van der Waals surface area (Å²) in [6.07, 6.45) is 5.77. The van der Waals surface area contributed by atoms with Gasteiger partial charge in [-0.25, -0.2) is 0 Å². The lowest BCUT2D eigenvalue weighted by molar-refractivity contribution is -0.385. The van der Waals surface area contributed by atoms with Crippen LogP contribution in [0.3, 0.4) is 0 Å². The van der Waals surface area contributed by atoms with Gasteiger partial charge in [0.1, 0.15) is 18.1 Å². The summed E-state index contributed by atoms with van der Waals surface area (Å²) in [5.74, 6) is 0.117. The third-order valence-electron chi connectivity index (χ3n) is 4.12. The summed E-state index contributed by atoms with van der Waals surface area (Å²) in [5, 5.41) is 21.7. The largest absolute Gasteiger partial charge is 0.497 e. The Kier molecular flexibility index (Phi) is 5.68. The highest BCUT2D eigenvalue weighted by atomic mass is 16.6. The molecule has 2 aromatic heterocycles. The summed E-state index contributed by atoms with van der Waals surface area (Å²) in [5.41, 5.74) is 1.49. The number of benzene rings is 1. The summed E-state index contributed by atoms with van der Waals surface area (Å²) < 4.78 is 8.31. The first-order valence-electron chi connectivity index (χ1n) is 8.57. The normalized spacial score (nSPS) is 11.8. The lowest BCUT2D eigenvalue weighted by Crippen LogP contribution is -2.24. The standard InChI is InChI=1S/C18H20N6O4/c1-13(9-22-12-16(8-20-22)24(26)27)18(25)21-15-7-19-23(11-15)10-14-4-3-5-17(6-14)28-2/h3-8,11-13H,9-10H2,1-2H3,(H,21,25). The van der Waals surface area contributed by atoms with E-state index in [1.165, 1.54) is 10.9 Å². The molecule has 10 nitrogen and oxygen atoms in total. The van der Waals surface area contributed by atoms with Crippen molar-refractivity contribution in [2.45, 2.75) is 20.0 Å². The maximum Gasteiger partial charge on any atom is 0.306 e. The highest BCUT2D eigenvalue weighted by Crippen LogP contribution is 2.15. The van der Waals surface area contributed by atoms with E-state index in [2.05, 4.69) is 15.5 Å². The molecule has 1 unspecified atom stereocenters. The first kappa shape index (κ1) is 19.1. The Morgan fingerprint density at radius 1 is 1.29 bits per heavy atom. The summed E-state index contributed by atoms with van der Waals surface area (Å²) in [7, 11) is 1.61. The van der Waals surface area contributed by atoms with Crippen LogP contribution in [-0.4, -0.2) is 37.5 Å². The van der Waals surface area contributed by atoms with Gasteiger partial charge in [0.2, 0.25) is 5.91 Å². The van der Waals surface area contributed by atoms with Crippen LogP contribution in [0.4, 0.5) is 11.4 Å². The Balaban J connectivity index is 1.57. The van der Waals surface area contributed by atoms with E-state index >= 15 is 0 Å². The van der Waals surface area contributed by atoms with E-state index < -0.39 is 10.8 Å². The predicted octanol–water partition coefficient (Wildman–Crippen LogP) is 2.32. The van der Waals surface area contributed by atoms with Crippen molar-refractivity contribution in [3.05, 3.63) is 64.7 Å². The Bertz CT molecular complexity index is 980. The molecule has 2 heterocycles. The van der Waals surface area contributed by atoms with Crippen LogP contribution >= 0.6 is 0 Å². The number of aromatic nitrogens is 4. The van der Waals surface area contributed by atoms with Crippen LogP contribution in [0, 0.1) is 16.0 Å². The number of ether oxygens (including phenoxy) is 1. The SMILES string of the molecule is COc1cccc(Cn2cc(NC(=O)C(C)Cn3cc([N+](=O)[O-])cn3)cn2)c1. The molecule has 28 heavy (non-hydrogen) atoms. The van der Waals surface area contributed by atoms with Crippen LogP contribution in [0.15, 0.2) is 49.1 Å².